The number of rotatable bonds is 8. The molecule has 3 aromatic heterocycles. The molecule has 4 N–H and O–H groups in total. The van der Waals surface area contributed by atoms with Crippen LogP contribution >= 0.6 is 0 Å². The molecule has 0 aromatic carbocycles. The highest BCUT2D eigenvalue weighted by Gasteiger charge is 2.28. The maximum atomic E-state index is 12.4. The maximum absolute atomic E-state index is 12.4. The Morgan fingerprint density at radius 2 is 1.91 bits per heavy atom. The molecule has 10 heteroatoms. The number of amides is 1. The summed E-state index contributed by atoms with van der Waals surface area (Å²) in [6, 6.07) is 7.69. The van der Waals surface area contributed by atoms with Gasteiger partial charge in [-0.05, 0) is 76.0 Å². The van der Waals surface area contributed by atoms with Gasteiger partial charge in [0.25, 0.3) is 11.5 Å². The maximum Gasteiger partial charge on any atom is 0.287 e. The van der Waals surface area contributed by atoms with E-state index in [2.05, 4.69) is 25.9 Å². The standard InChI is InChI=1S/C24H29N7O3/c1-14-19(23(24(25)33)34-30-14)12-15-5-6-17(11-15)28-20-8-7-18(13-26-20)31-22(32)10-9-21(29-31)27-16-3-2-4-16/h7-10,13,15-17H,2-6,11-12H2,1H3,(H2,25,33)(H,26,28)(H,27,29)/t15-,17-/m0/s1. The van der Waals surface area contributed by atoms with Crippen molar-refractivity contribution in [3.05, 3.63) is 57.8 Å². The fourth-order valence-electron chi connectivity index (χ4n) is 4.74. The Morgan fingerprint density at radius 3 is 2.62 bits per heavy atom. The molecule has 0 saturated heterocycles. The zero-order chi connectivity index (χ0) is 23.7. The van der Waals surface area contributed by atoms with E-state index < -0.39 is 5.91 Å². The minimum atomic E-state index is -0.578. The lowest BCUT2D eigenvalue weighted by Crippen LogP contribution is -2.29. The van der Waals surface area contributed by atoms with Crippen LogP contribution in [0.2, 0.25) is 0 Å². The second-order valence-corrected chi connectivity index (χ2v) is 9.31. The lowest BCUT2D eigenvalue weighted by atomic mass is 9.93. The van der Waals surface area contributed by atoms with Crippen molar-refractivity contribution in [3.8, 4) is 5.69 Å². The average Bonchev–Trinajstić information content (AvgIpc) is 3.39. The quantitative estimate of drug-likeness (QED) is 0.463. The van der Waals surface area contributed by atoms with E-state index in [0.717, 1.165) is 55.6 Å². The average molecular weight is 464 g/mol. The minimum Gasteiger partial charge on any atom is -0.367 e. The molecule has 0 radical (unpaired) electrons. The lowest BCUT2D eigenvalue weighted by Gasteiger charge is -2.26. The van der Waals surface area contributed by atoms with Gasteiger partial charge in [-0.1, -0.05) is 5.16 Å². The molecule has 2 aliphatic carbocycles. The third kappa shape index (κ3) is 4.66. The van der Waals surface area contributed by atoms with E-state index in [1.54, 1.807) is 12.3 Å². The summed E-state index contributed by atoms with van der Waals surface area (Å²) in [6.07, 6.45) is 8.85. The summed E-state index contributed by atoms with van der Waals surface area (Å²) in [5.41, 5.74) is 7.37. The largest absolute Gasteiger partial charge is 0.367 e. The van der Waals surface area contributed by atoms with Gasteiger partial charge >= 0.3 is 0 Å². The first-order valence-electron chi connectivity index (χ1n) is 11.8. The van der Waals surface area contributed by atoms with Gasteiger partial charge in [-0.15, -0.1) is 5.10 Å². The molecule has 0 unspecified atom stereocenters. The van der Waals surface area contributed by atoms with Crippen LogP contribution in [-0.2, 0) is 6.42 Å². The van der Waals surface area contributed by atoms with Crippen LogP contribution in [0.5, 0.6) is 0 Å². The van der Waals surface area contributed by atoms with E-state index in [4.69, 9.17) is 10.3 Å². The Kier molecular flexibility index (Phi) is 6.04. The summed E-state index contributed by atoms with van der Waals surface area (Å²) in [5, 5.41) is 15.2. The fourth-order valence-corrected chi connectivity index (χ4v) is 4.74. The number of anilines is 2. The van der Waals surface area contributed by atoms with Gasteiger partial charge in [0.15, 0.2) is 0 Å². The van der Waals surface area contributed by atoms with Crippen molar-refractivity contribution in [1.82, 2.24) is 19.9 Å². The molecule has 0 spiro atoms. The SMILES string of the molecule is Cc1noc(C(N)=O)c1C[C@H]1CC[C@H](Nc2ccc(-n3nc(NC4CCC4)ccc3=O)cn2)C1. The summed E-state index contributed by atoms with van der Waals surface area (Å²) < 4.78 is 6.47. The van der Waals surface area contributed by atoms with Gasteiger partial charge in [0, 0.05) is 23.7 Å². The highest BCUT2D eigenvalue weighted by Crippen LogP contribution is 2.32. The van der Waals surface area contributed by atoms with E-state index in [0.29, 0.717) is 23.5 Å². The summed E-state index contributed by atoms with van der Waals surface area (Å²) in [4.78, 5) is 28.4. The Hall–Kier alpha value is -3.69. The van der Waals surface area contributed by atoms with Crippen molar-refractivity contribution < 1.29 is 9.32 Å². The van der Waals surface area contributed by atoms with Crippen molar-refractivity contribution in [1.29, 1.82) is 0 Å². The van der Waals surface area contributed by atoms with Crippen LogP contribution in [0.4, 0.5) is 11.6 Å². The third-order valence-corrected chi connectivity index (χ3v) is 6.84. The molecule has 3 aromatic rings. The van der Waals surface area contributed by atoms with Crippen LogP contribution in [-0.4, -0.2) is 37.9 Å². The van der Waals surface area contributed by atoms with E-state index in [-0.39, 0.29) is 17.4 Å². The number of hydrogen-bond donors (Lipinski definition) is 3. The molecule has 3 heterocycles. The summed E-state index contributed by atoms with van der Waals surface area (Å²) in [7, 11) is 0. The van der Waals surface area contributed by atoms with Crippen molar-refractivity contribution in [2.45, 2.75) is 64.0 Å². The van der Waals surface area contributed by atoms with Crippen LogP contribution in [0.1, 0.15) is 60.3 Å². The molecule has 2 saturated carbocycles. The van der Waals surface area contributed by atoms with Crippen molar-refractivity contribution in [3.63, 3.8) is 0 Å². The highest BCUT2D eigenvalue weighted by atomic mass is 16.5. The first-order chi connectivity index (χ1) is 16.5. The van der Waals surface area contributed by atoms with Crippen molar-refractivity contribution >= 4 is 17.5 Å². The van der Waals surface area contributed by atoms with Crippen LogP contribution in [0.25, 0.3) is 5.69 Å². The van der Waals surface area contributed by atoms with Gasteiger partial charge in [-0.3, -0.25) is 9.59 Å². The lowest BCUT2D eigenvalue weighted by molar-refractivity contribution is 0.0963. The van der Waals surface area contributed by atoms with Crippen LogP contribution in [0.3, 0.4) is 0 Å². The number of nitrogens with two attached hydrogens (primary N) is 1. The molecule has 178 valence electrons. The minimum absolute atomic E-state index is 0.168. The molecule has 10 nitrogen and oxygen atoms in total. The second-order valence-electron chi connectivity index (χ2n) is 9.31. The smallest absolute Gasteiger partial charge is 0.287 e. The van der Waals surface area contributed by atoms with Gasteiger partial charge in [-0.2, -0.15) is 4.68 Å². The predicted octanol–water partition coefficient (Wildman–Crippen LogP) is 2.81. The molecular formula is C24H29N7O3. The molecule has 2 atom stereocenters. The summed E-state index contributed by atoms with van der Waals surface area (Å²) >= 11 is 0. The second kappa shape index (κ2) is 9.28. The third-order valence-electron chi connectivity index (χ3n) is 6.84. The number of nitrogens with one attached hydrogen (secondary N) is 2. The van der Waals surface area contributed by atoms with Crippen molar-refractivity contribution in [2.24, 2.45) is 11.7 Å². The predicted molar refractivity (Wildman–Crippen MR) is 127 cm³/mol. The molecule has 0 aliphatic heterocycles. The zero-order valence-electron chi connectivity index (χ0n) is 19.2. The summed E-state index contributed by atoms with van der Waals surface area (Å²) in [5.74, 6) is 1.45. The van der Waals surface area contributed by atoms with Crippen LogP contribution < -0.4 is 21.9 Å². The zero-order valence-corrected chi connectivity index (χ0v) is 19.2. The topological polar surface area (TPSA) is 141 Å². The number of hydrogen-bond acceptors (Lipinski definition) is 8. The number of nitrogens with zero attached hydrogens (tertiary/aromatic N) is 4. The number of carbonyl (C=O) groups excluding carboxylic acids is 1. The van der Waals surface area contributed by atoms with Crippen molar-refractivity contribution in [2.75, 3.05) is 10.6 Å². The van der Waals surface area contributed by atoms with Crippen LogP contribution in [0.15, 0.2) is 39.8 Å². The highest BCUT2D eigenvalue weighted by molar-refractivity contribution is 5.91. The Bertz CT molecular complexity index is 1230. The molecular weight excluding hydrogens is 434 g/mol. The number of pyridine rings is 1. The van der Waals surface area contributed by atoms with E-state index in [1.165, 1.54) is 17.2 Å². The van der Waals surface area contributed by atoms with E-state index in [9.17, 15) is 9.59 Å². The van der Waals surface area contributed by atoms with Gasteiger partial charge in [0.05, 0.1) is 17.6 Å². The molecule has 5 rings (SSSR count). The monoisotopic (exact) mass is 463 g/mol. The Labute approximate surface area is 196 Å². The van der Waals surface area contributed by atoms with E-state index >= 15 is 0 Å². The normalized spacial score (nSPS) is 20.1. The number of carbonyl (C=O) groups is 1. The van der Waals surface area contributed by atoms with Crippen LogP contribution in [0, 0.1) is 12.8 Å². The van der Waals surface area contributed by atoms with E-state index in [1.807, 2.05) is 19.1 Å². The fraction of sp³-hybridized carbons (Fsp3) is 0.458. The van der Waals surface area contributed by atoms with Gasteiger partial charge in [0.1, 0.15) is 11.6 Å². The Morgan fingerprint density at radius 1 is 1.12 bits per heavy atom. The van der Waals surface area contributed by atoms with Gasteiger partial charge in [-0.25, -0.2) is 4.98 Å². The molecule has 2 fully saturated rings. The molecule has 1 amide bonds. The molecule has 2 aliphatic rings. The number of primary amides is 1. The van der Waals surface area contributed by atoms with Gasteiger partial charge < -0.3 is 20.9 Å². The number of aryl methyl sites for hydroxylation is 1. The Balaban J connectivity index is 1.21. The first kappa shape index (κ1) is 22.1. The van der Waals surface area contributed by atoms with Gasteiger partial charge in [0.2, 0.25) is 5.76 Å². The molecule has 34 heavy (non-hydrogen) atoms. The molecule has 0 bridgehead atoms. The number of aromatic nitrogens is 4. The first-order valence-corrected chi connectivity index (χ1v) is 11.8. The summed E-state index contributed by atoms with van der Waals surface area (Å²) in [6.45, 7) is 1.83.